The maximum absolute atomic E-state index is 11.7. The fourth-order valence-corrected chi connectivity index (χ4v) is 2.15. The molecule has 0 saturated carbocycles. The van der Waals surface area contributed by atoms with Gasteiger partial charge in [0.05, 0.1) is 30.5 Å². The molecule has 2 rings (SSSR count). The van der Waals surface area contributed by atoms with Crippen LogP contribution in [0.1, 0.15) is 25.3 Å². The molecule has 100 valence electrons. The zero-order valence-electron chi connectivity index (χ0n) is 10.9. The van der Waals surface area contributed by atoms with Crippen LogP contribution < -0.4 is 4.90 Å². The average molecular weight is 260 g/mol. The number of esters is 1. The van der Waals surface area contributed by atoms with Crippen molar-refractivity contribution in [2.45, 2.75) is 19.8 Å². The third-order valence-electron chi connectivity index (χ3n) is 3.09. The van der Waals surface area contributed by atoms with Crippen LogP contribution in [0, 0.1) is 17.2 Å². The molecule has 0 radical (unpaired) electrons. The van der Waals surface area contributed by atoms with Gasteiger partial charge in [-0.15, -0.1) is 0 Å². The largest absolute Gasteiger partial charge is 0.466 e. The predicted molar refractivity (Wildman–Crippen MR) is 68.3 cm³/mol. The van der Waals surface area contributed by atoms with Crippen LogP contribution in [0.3, 0.4) is 0 Å². The number of carbonyl (C=O) groups excluding carboxylic acids is 1. The first-order valence-electron chi connectivity index (χ1n) is 6.38. The average Bonchev–Trinajstić information content (AvgIpc) is 2.48. The highest BCUT2D eigenvalue weighted by Crippen LogP contribution is 2.21. The molecule has 1 aromatic rings. The molecule has 1 aliphatic rings. The zero-order chi connectivity index (χ0) is 13.7. The molecule has 0 amide bonds. The molecule has 1 aromatic heterocycles. The quantitative estimate of drug-likeness (QED) is 0.758. The van der Waals surface area contributed by atoms with E-state index in [1.54, 1.807) is 0 Å². The number of ether oxygens (including phenoxy) is 1. The minimum atomic E-state index is -0.152. The van der Waals surface area contributed by atoms with Gasteiger partial charge < -0.3 is 9.64 Å². The van der Waals surface area contributed by atoms with E-state index in [1.807, 2.05) is 17.9 Å². The molecule has 19 heavy (non-hydrogen) atoms. The molecule has 0 N–H and O–H groups in total. The van der Waals surface area contributed by atoms with E-state index in [1.165, 1.54) is 12.4 Å². The molecule has 2 heterocycles. The van der Waals surface area contributed by atoms with E-state index in [-0.39, 0.29) is 11.9 Å². The standard InChI is InChI=1S/C13H16N4O2/c1-2-19-12(18)11-4-3-5-17(9-11)13-15-7-10(6-14)8-16-13/h7-8,11H,2-5,9H2,1H3/t11-/m0/s1. The topological polar surface area (TPSA) is 79.1 Å². The van der Waals surface area contributed by atoms with E-state index in [0.717, 1.165) is 19.4 Å². The summed E-state index contributed by atoms with van der Waals surface area (Å²) in [5, 5.41) is 8.71. The van der Waals surface area contributed by atoms with Crippen molar-refractivity contribution in [3.8, 4) is 6.07 Å². The molecule has 1 fully saturated rings. The van der Waals surface area contributed by atoms with Gasteiger partial charge in [0.2, 0.25) is 5.95 Å². The van der Waals surface area contributed by atoms with E-state index in [4.69, 9.17) is 10.00 Å². The molecule has 1 aliphatic heterocycles. The van der Waals surface area contributed by atoms with Crippen molar-refractivity contribution < 1.29 is 9.53 Å². The van der Waals surface area contributed by atoms with Crippen LogP contribution in [0.5, 0.6) is 0 Å². The Morgan fingerprint density at radius 3 is 2.95 bits per heavy atom. The monoisotopic (exact) mass is 260 g/mol. The first kappa shape index (κ1) is 13.3. The summed E-state index contributed by atoms with van der Waals surface area (Å²) in [4.78, 5) is 22.0. The van der Waals surface area contributed by atoms with Crippen LogP contribution in [0.15, 0.2) is 12.4 Å². The second-order valence-electron chi connectivity index (χ2n) is 4.42. The Morgan fingerprint density at radius 1 is 1.58 bits per heavy atom. The number of nitriles is 1. The molecular weight excluding hydrogens is 244 g/mol. The first-order valence-corrected chi connectivity index (χ1v) is 6.38. The van der Waals surface area contributed by atoms with E-state index < -0.39 is 0 Å². The maximum Gasteiger partial charge on any atom is 0.310 e. The fourth-order valence-electron chi connectivity index (χ4n) is 2.15. The molecule has 0 unspecified atom stereocenters. The summed E-state index contributed by atoms with van der Waals surface area (Å²) in [6, 6.07) is 1.98. The van der Waals surface area contributed by atoms with E-state index in [2.05, 4.69) is 9.97 Å². The van der Waals surface area contributed by atoms with Crippen molar-refractivity contribution >= 4 is 11.9 Å². The number of anilines is 1. The van der Waals surface area contributed by atoms with Gasteiger partial charge >= 0.3 is 5.97 Å². The molecule has 1 atom stereocenters. The number of hydrogen-bond donors (Lipinski definition) is 0. The second-order valence-corrected chi connectivity index (χ2v) is 4.42. The van der Waals surface area contributed by atoms with E-state index in [9.17, 15) is 4.79 Å². The highest BCUT2D eigenvalue weighted by atomic mass is 16.5. The Labute approximate surface area is 112 Å². The van der Waals surface area contributed by atoms with Crippen LogP contribution in [-0.2, 0) is 9.53 Å². The maximum atomic E-state index is 11.7. The van der Waals surface area contributed by atoms with Crippen LogP contribution in [0.4, 0.5) is 5.95 Å². The summed E-state index contributed by atoms with van der Waals surface area (Å²) in [6.45, 7) is 3.61. The summed E-state index contributed by atoms with van der Waals surface area (Å²) < 4.78 is 5.05. The van der Waals surface area contributed by atoms with Crippen LogP contribution in [-0.4, -0.2) is 35.6 Å². The van der Waals surface area contributed by atoms with Gasteiger partial charge in [0.15, 0.2) is 0 Å². The molecule has 6 nitrogen and oxygen atoms in total. The minimum absolute atomic E-state index is 0.118. The number of carbonyl (C=O) groups is 1. The van der Waals surface area contributed by atoms with Crippen LogP contribution in [0.2, 0.25) is 0 Å². The lowest BCUT2D eigenvalue weighted by Gasteiger charge is -2.31. The SMILES string of the molecule is CCOC(=O)[C@H]1CCCN(c2ncc(C#N)cn2)C1. The molecule has 0 bridgehead atoms. The minimum Gasteiger partial charge on any atom is -0.466 e. The molecule has 0 spiro atoms. The van der Waals surface area contributed by atoms with Gasteiger partial charge in [0.25, 0.3) is 0 Å². The van der Waals surface area contributed by atoms with Crippen molar-refractivity contribution in [1.29, 1.82) is 5.26 Å². The number of nitrogens with zero attached hydrogens (tertiary/aromatic N) is 4. The lowest BCUT2D eigenvalue weighted by atomic mass is 9.98. The van der Waals surface area contributed by atoms with Gasteiger partial charge in [-0.2, -0.15) is 5.26 Å². The van der Waals surface area contributed by atoms with Gasteiger partial charge in [-0.1, -0.05) is 0 Å². The smallest absolute Gasteiger partial charge is 0.310 e. The van der Waals surface area contributed by atoms with Gasteiger partial charge in [0, 0.05) is 13.1 Å². The summed E-state index contributed by atoms with van der Waals surface area (Å²) >= 11 is 0. The van der Waals surface area contributed by atoms with Crippen molar-refractivity contribution in [3.63, 3.8) is 0 Å². The predicted octanol–water partition coefficient (Wildman–Crippen LogP) is 1.13. The molecular formula is C13H16N4O2. The number of hydrogen-bond acceptors (Lipinski definition) is 6. The Bertz CT molecular complexity index is 480. The Morgan fingerprint density at radius 2 is 2.32 bits per heavy atom. The van der Waals surface area contributed by atoms with Crippen LogP contribution in [0.25, 0.3) is 0 Å². The first-order chi connectivity index (χ1) is 9.24. The Hall–Kier alpha value is -2.16. The molecule has 0 aromatic carbocycles. The number of piperidine rings is 1. The van der Waals surface area contributed by atoms with E-state index in [0.29, 0.717) is 24.7 Å². The number of aromatic nitrogens is 2. The van der Waals surface area contributed by atoms with Crippen LogP contribution >= 0.6 is 0 Å². The fraction of sp³-hybridized carbons (Fsp3) is 0.538. The zero-order valence-corrected chi connectivity index (χ0v) is 10.9. The summed E-state index contributed by atoms with van der Waals surface area (Å²) in [5.41, 5.74) is 0.433. The van der Waals surface area contributed by atoms with Crippen molar-refractivity contribution in [2.75, 3.05) is 24.6 Å². The molecule has 0 aliphatic carbocycles. The van der Waals surface area contributed by atoms with Crippen molar-refractivity contribution in [1.82, 2.24) is 9.97 Å². The Kier molecular flexibility index (Phi) is 4.29. The van der Waals surface area contributed by atoms with Crippen molar-refractivity contribution in [2.24, 2.45) is 5.92 Å². The van der Waals surface area contributed by atoms with Crippen molar-refractivity contribution in [3.05, 3.63) is 18.0 Å². The highest BCUT2D eigenvalue weighted by molar-refractivity contribution is 5.73. The highest BCUT2D eigenvalue weighted by Gasteiger charge is 2.27. The summed E-state index contributed by atoms with van der Waals surface area (Å²) in [5.74, 6) is 0.293. The van der Waals surface area contributed by atoms with Gasteiger partial charge in [-0.25, -0.2) is 9.97 Å². The molecule has 1 saturated heterocycles. The number of rotatable bonds is 3. The van der Waals surface area contributed by atoms with E-state index >= 15 is 0 Å². The van der Waals surface area contributed by atoms with Gasteiger partial charge in [-0.3, -0.25) is 4.79 Å². The van der Waals surface area contributed by atoms with Gasteiger partial charge in [0.1, 0.15) is 6.07 Å². The normalized spacial score (nSPS) is 18.7. The third kappa shape index (κ3) is 3.19. The third-order valence-corrected chi connectivity index (χ3v) is 3.09. The second kappa shape index (κ2) is 6.14. The lowest BCUT2D eigenvalue weighted by molar-refractivity contribution is -0.148. The van der Waals surface area contributed by atoms with Gasteiger partial charge in [-0.05, 0) is 19.8 Å². The molecule has 6 heteroatoms. The lowest BCUT2D eigenvalue weighted by Crippen LogP contribution is -2.40. The summed E-state index contributed by atoms with van der Waals surface area (Å²) in [6.07, 6.45) is 4.74. The summed E-state index contributed by atoms with van der Waals surface area (Å²) in [7, 11) is 0. The Balaban J connectivity index is 2.04.